The number of imide groups is 1. The molecule has 3 aliphatic rings. The highest BCUT2D eigenvalue weighted by Gasteiger charge is 2.53. The molecule has 3 fully saturated rings. The van der Waals surface area contributed by atoms with Gasteiger partial charge in [-0.3, -0.25) is 19.9 Å². The van der Waals surface area contributed by atoms with E-state index in [-0.39, 0.29) is 24.4 Å². The van der Waals surface area contributed by atoms with Gasteiger partial charge in [-0.25, -0.2) is 4.79 Å². The highest BCUT2D eigenvalue weighted by Crippen LogP contribution is 2.39. The van der Waals surface area contributed by atoms with Crippen molar-refractivity contribution < 1.29 is 23.9 Å². The van der Waals surface area contributed by atoms with Crippen molar-refractivity contribution in [3.8, 4) is 11.5 Å². The maximum atomic E-state index is 13.0. The van der Waals surface area contributed by atoms with Crippen LogP contribution in [0.2, 0.25) is 0 Å². The van der Waals surface area contributed by atoms with E-state index in [9.17, 15) is 14.4 Å². The van der Waals surface area contributed by atoms with Crippen molar-refractivity contribution in [2.24, 2.45) is 5.92 Å². The molecule has 1 spiro atoms. The number of hydrogen-bond acceptors (Lipinski definition) is 6. The molecule has 0 radical (unpaired) electrons. The zero-order valence-corrected chi connectivity index (χ0v) is 19.0. The van der Waals surface area contributed by atoms with Gasteiger partial charge in [0.15, 0.2) is 0 Å². The lowest BCUT2D eigenvalue weighted by molar-refractivity contribution is -0.140. The van der Waals surface area contributed by atoms with Crippen molar-refractivity contribution in [2.75, 3.05) is 27.3 Å². The van der Waals surface area contributed by atoms with Crippen LogP contribution in [0.4, 0.5) is 4.79 Å². The van der Waals surface area contributed by atoms with E-state index < -0.39 is 11.6 Å². The van der Waals surface area contributed by atoms with Crippen molar-refractivity contribution in [3.05, 3.63) is 23.8 Å². The van der Waals surface area contributed by atoms with Crippen LogP contribution in [0, 0.1) is 5.92 Å². The Balaban J connectivity index is 1.42. The number of ether oxygens (including phenoxy) is 2. The molecule has 0 aromatic heterocycles. The highest BCUT2D eigenvalue weighted by atomic mass is 16.5. The molecule has 1 aliphatic carbocycles. The second kappa shape index (κ2) is 8.97. The summed E-state index contributed by atoms with van der Waals surface area (Å²) in [7, 11) is 3.22. The molecule has 1 atom stereocenters. The number of urea groups is 1. The first-order chi connectivity index (χ1) is 15.4. The maximum absolute atomic E-state index is 13.0. The third-order valence-electron chi connectivity index (χ3n) is 7.04. The molecule has 32 heavy (non-hydrogen) atoms. The van der Waals surface area contributed by atoms with Crippen LogP contribution in [-0.4, -0.2) is 60.6 Å². The number of nitrogens with zero attached hydrogens (tertiary/aromatic N) is 2. The van der Waals surface area contributed by atoms with Crippen LogP contribution in [0.25, 0.3) is 0 Å². The second-order valence-electron chi connectivity index (χ2n) is 9.11. The summed E-state index contributed by atoms with van der Waals surface area (Å²) < 4.78 is 10.8. The summed E-state index contributed by atoms with van der Waals surface area (Å²) in [6, 6.07) is 5.14. The Labute approximate surface area is 188 Å². The normalized spacial score (nSPS) is 28.2. The number of methoxy groups -OCH3 is 2. The monoisotopic (exact) mass is 444 g/mol. The quantitative estimate of drug-likeness (QED) is 0.654. The number of rotatable bonds is 6. The van der Waals surface area contributed by atoms with Crippen LogP contribution < -0.4 is 20.2 Å². The SMILES string of the molecule is COc1ccc([C@@H]2CCCN2CC(=O)NN2C(=O)NC3(CCC(C)CC3)C2=O)c(OC)c1. The van der Waals surface area contributed by atoms with E-state index >= 15 is 0 Å². The molecule has 0 unspecified atom stereocenters. The lowest BCUT2D eigenvalue weighted by Crippen LogP contribution is -2.52. The number of nitrogens with one attached hydrogen (secondary N) is 2. The Kier molecular flexibility index (Phi) is 6.28. The molecule has 2 aliphatic heterocycles. The lowest BCUT2D eigenvalue weighted by Gasteiger charge is -2.33. The molecule has 9 heteroatoms. The minimum Gasteiger partial charge on any atom is -0.497 e. The average Bonchev–Trinajstić information content (AvgIpc) is 3.33. The molecule has 4 rings (SSSR count). The molecule has 1 aromatic carbocycles. The van der Waals surface area contributed by atoms with Gasteiger partial charge in [0, 0.05) is 17.7 Å². The molecule has 1 saturated carbocycles. The van der Waals surface area contributed by atoms with E-state index in [1.165, 1.54) is 0 Å². The van der Waals surface area contributed by atoms with Gasteiger partial charge < -0.3 is 14.8 Å². The lowest BCUT2D eigenvalue weighted by atomic mass is 9.77. The summed E-state index contributed by atoms with van der Waals surface area (Å²) in [5.74, 6) is 1.23. The number of benzene rings is 1. The number of carbonyl (C=O) groups is 3. The molecule has 4 amide bonds. The largest absolute Gasteiger partial charge is 0.497 e. The predicted molar refractivity (Wildman–Crippen MR) is 117 cm³/mol. The Morgan fingerprint density at radius 2 is 1.94 bits per heavy atom. The third-order valence-corrected chi connectivity index (χ3v) is 7.04. The van der Waals surface area contributed by atoms with Crippen molar-refractivity contribution in [2.45, 2.75) is 57.0 Å². The molecule has 1 aromatic rings. The van der Waals surface area contributed by atoms with Crippen LogP contribution in [0.1, 0.15) is 57.1 Å². The first-order valence-electron chi connectivity index (χ1n) is 11.3. The minimum absolute atomic E-state index is 0.0101. The number of amides is 4. The first-order valence-corrected chi connectivity index (χ1v) is 11.3. The summed E-state index contributed by atoms with van der Waals surface area (Å²) in [5.41, 5.74) is 2.67. The maximum Gasteiger partial charge on any atom is 0.344 e. The van der Waals surface area contributed by atoms with E-state index in [1.54, 1.807) is 14.2 Å². The van der Waals surface area contributed by atoms with Gasteiger partial charge in [0.05, 0.1) is 20.8 Å². The molecule has 9 nitrogen and oxygen atoms in total. The van der Waals surface area contributed by atoms with Gasteiger partial charge in [-0.05, 0) is 57.1 Å². The van der Waals surface area contributed by atoms with Crippen molar-refractivity contribution in [3.63, 3.8) is 0 Å². The van der Waals surface area contributed by atoms with E-state index in [2.05, 4.69) is 22.6 Å². The van der Waals surface area contributed by atoms with Gasteiger partial charge in [-0.2, -0.15) is 5.01 Å². The fourth-order valence-electron chi connectivity index (χ4n) is 5.12. The highest BCUT2D eigenvalue weighted by molar-refractivity contribution is 6.08. The molecular weight excluding hydrogens is 412 g/mol. The first kappa shape index (κ1) is 22.4. The van der Waals surface area contributed by atoms with Gasteiger partial charge >= 0.3 is 6.03 Å². The summed E-state index contributed by atoms with van der Waals surface area (Å²) in [6.45, 7) is 2.98. The van der Waals surface area contributed by atoms with Crippen LogP contribution in [0.15, 0.2) is 18.2 Å². The third kappa shape index (κ3) is 4.13. The van der Waals surface area contributed by atoms with Gasteiger partial charge in [0.25, 0.3) is 11.8 Å². The van der Waals surface area contributed by atoms with Crippen LogP contribution in [0.3, 0.4) is 0 Å². The average molecular weight is 445 g/mol. The standard InChI is InChI=1S/C23H32N4O5/c1-15-8-10-23(11-9-15)21(29)27(22(30)24-23)25-20(28)14-26-12-4-5-18(26)17-7-6-16(31-2)13-19(17)32-3/h6-7,13,15,18H,4-5,8-12,14H2,1-3H3,(H,24,30)(H,25,28)/t15?,18-,23?/m0/s1. The molecule has 2 N–H and O–H groups in total. The van der Waals surface area contributed by atoms with E-state index in [0.717, 1.165) is 42.8 Å². The number of likely N-dealkylation sites (tertiary alicyclic amines) is 1. The van der Waals surface area contributed by atoms with Gasteiger partial charge in [0.2, 0.25) is 0 Å². The Morgan fingerprint density at radius 3 is 2.62 bits per heavy atom. The Bertz CT molecular complexity index is 896. The fraction of sp³-hybridized carbons (Fsp3) is 0.609. The minimum atomic E-state index is -0.872. The van der Waals surface area contributed by atoms with Crippen LogP contribution in [-0.2, 0) is 9.59 Å². The number of hydrogen-bond donors (Lipinski definition) is 2. The summed E-state index contributed by atoms with van der Waals surface area (Å²) in [6.07, 6.45) is 4.81. The molecule has 0 bridgehead atoms. The molecule has 2 heterocycles. The smallest absolute Gasteiger partial charge is 0.344 e. The van der Waals surface area contributed by atoms with E-state index in [0.29, 0.717) is 30.3 Å². The predicted octanol–water partition coefficient (Wildman–Crippen LogP) is 2.37. The Morgan fingerprint density at radius 1 is 1.19 bits per heavy atom. The van der Waals surface area contributed by atoms with Crippen LogP contribution in [0.5, 0.6) is 11.5 Å². The second-order valence-corrected chi connectivity index (χ2v) is 9.11. The van der Waals surface area contributed by atoms with E-state index in [4.69, 9.17) is 9.47 Å². The molecule has 174 valence electrons. The Hall–Kier alpha value is -2.81. The summed E-state index contributed by atoms with van der Waals surface area (Å²) in [4.78, 5) is 40.3. The summed E-state index contributed by atoms with van der Waals surface area (Å²) in [5, 5.41) is 3.70. The van der Waals surface area contributed by atoms with Crippen molar-refractivity contribution in [1.29, 1.82) is 0 Å². The fourth-order valence-corrected chi connectivity index (χ4v) is 5.12. The summed E-state index contributed by atoms with van der Waals surface area (Å²) >= 11 is 0. The molecule has 2 saturated heterocycles. The van der Waals surface area contributed by atoms with E-state index in [1.807, 2.05) is 18.2 Å². The number of carbonyl (C=O) groups excluding carboxylic acids is 3. The zero-order chi connectivity index (χ0) is 22.9. The van der Waals surface area contributed by atoms with Gasteiger partial charge in [-0.1, -0.05) is 13.0 Å². The van der Waals surface area contributed by atoms with Gasteiger partial charge in [0.1, 0.15) is 17.0 Å². The number of hydrazine groups is 1. The zero-order valence-electron chi connectivity index (χ0n) is 19.0. The van der Waals surface area contributed by atoms with Gasteiger partial charge in [-0.15, -0.1) is 0 Å². The van der Waals surface area contributed by atoms with Crippen molar-refractivity contribution >= 4 is 17.8 Å². The van der Waals surface area contributed by atoms with Crippen LogP contribution >= 0.6 is 0 Å². The van der Waals surface area contributed by atoms with Crippen molar-refractivity contribution in [1.82, 2.24) is 20.7 Å². The topological polar surface area (TPSA) is 100 Å². The molecular formula is C23H32N4O5.